The number of aryl methyl sites for hydroxylation is 1. The van der Waals surface area contributed by atoms with E-state index in [1.54, 1.807) is 0 Å². The summed E-state index contributed by atoms with van der Waals surface area (Å²) in [5, 5.41) is 30.8. The summed E-state index contributed by atoms with van der Waals surface area (Å²) in [7, 11) is -3.67. The summed E-state index contributed by atoms with van der Waals surface area (Å²) in [6, 6.07) is 8.97. The number of aliphatic hydroxyl groups excluding tert-OH is 3. The van der Waals surface area contributed by atoms with Crippen LogP contribution in [0.4, 0.5) is 0 Å². The van der Waals surface area contributed by atoms with E-state index >= 15 is 0 Å². The molecule has 0 aromatic heterocycles. The van der Waals surface area contributed by atoms with Crippen molar-refractivity contribution in [3.05, 3.63) is 35.9 Å². The number of hydrogen-bond donors (Lipinski definition) is 4. The third-order valence-corrected chi connectivity index (χ3v) is 9.03. The number of thioether (sulfide) groups is 1. The molecule has 3 rings (SSSR count). The van der Waals surface area contributed by atoms with E-state index in [9.17, 15) is 23.7 Å². The number of ether oxygens (including phenoxy) is 1. The van der Waals surface area contributed by atoms with Gasteiger partial charge in [0.15, 0.2) is 0 Å². The van der Waals surface area contributed by atoms with Gasteiger partial charge >= 0.3 is 0 Å². The van der Waals surface area contributed by atoms with E-state index in [4.69, 9.17) is 4.74 Å². The molecule has 0 amide bonds. The van der Waals surface area contributed by atoms with E-state index in [1.165, 1.54) is 23.7 Å². The van der Waals surface area contributed by atoms with E-state index in [0.717, 1.165) is 38.5 Å². The van der Waals surface area contributed by atoms with Gasteiger partial charge in [-0.25, -0.2) is 13.1 Å². The smallest absolute Gasteiger partial charge is 0.212 e. The van der Waals surface area contributed by atoms with Gasteiger partial charge in [-0.05, 0) is 37.7 Å². The maximum Gasteiger partial charge on any atom is 0.212 e. The van der Waals surface area contributed by atoms with Crippen LogP contribution in [0.15, 0.2) is 30.3 Å². The number of hydrogen-bond acceptors (Lipinski definition) is 7. The zero-order valence-corrected chi connectivity index (χ0v) is 19.4. The molecule has 9 heteroatoms. The van der Waals surface area contributed by atoms with Crippen molar-refractivity contribution in [1.29, 1.82) is 0 Å². The van der Waals surface area contributed by atoms with Crippen molar-refractivity contribution in [2.75, 3.05) is 12.4 Å². The fourth-order valence-electron chi connectivity index (χ4n) is 4.25. The molecular formula is C22H35NO6S2. The van der Waals surface area contributed by atoms with Crippen LogP contribution in [-0.2, 0) is 21.2 Å². The van der Waals surface area contributed by atoms with Crippen molar-refractivity contribution in [1.82, 2.24) is 4.72 Å². The molecule has 5 atom stereocenters. The van der Waals surface area contributed by atoms with Gasteiger partial charge in [0.2, 0.25) is 10.0 Å². The van der Waals surface area contributed by atoms with Gasteiger partial charge in [-0.3, -0.25) is 0 Å². The summed E-state index contributed by atoms with van der Waals surface area (Å²) in [5.41, 5.74) is 0.517. The van der Waals surface area contributed by atoms with E-state index in [0.29, 0.717) is 11.7 Å². The van der Waals surface area contributed by atoms with Crippen molar-refractivity contribution < 1.29 is 28.5 Å². The first kappa shape index (κ1) is 25.0. The van der Waals surface area contributed by atoms with Crippen LogP contribution in [0.5, 0.6) is 0 Å². The van der Waals surface area contributed by atoms with Crippen LogP contribution in [0.2, 0.25) is 0 Å². The van der Waals surface area contributed by atoms with Gasteiger partial charge in [0, 0.05) is 5.25 Å². The van der Waals surface area contributed by atoms with Crippen molar-refractivity contribution in [2.45, 2.75) is 86.4 Å². The predicted octanol–water partition coefficient (Wildman–Crippen LogP) is 1.80. The standard InChI is InChI=1S/C22H35NO6S2/c24-15-18-20(25)21(26)19(22(29-18)30-17-12-5-2-6-13-17)23-31(27,28)14-8-7-11-16-9-3-1-4-10-16/h1,3-4,9-10,17-26H,2,5-8,11-15H2/t18-,19-,20-,21-,22-/m1/s1. The maximum atomic E-state index is 12.7. The van der Waals surface area contributed by atoms with Crippen molar-refractivity contribution in [3.63, 3.8) is 0 Å². The molecule has 0 spiro atoms. The summed E-state index contributed by atoms with van der Waals surface area (Å²) in [5.74, 6) is -0.0522. The fraction of sp³-hybridized carbons (Fsp3) is 0.727. The van der Waals surface area contributed by atoms with Crippen molar-refractivity contribution in [2.24, 2.45) is 0 Å². The number of sulfonamides is 1. The topological polar surface area (TPSA) is 116 Å². The lowest BCUT2D eigenvalue weighted by Gasteiger charge is -2.43. The van der Waals surface area contributed by atoms with Crippen LogP contribution in [0.3, 0.4) is 0 Å². The first-order valence-electron chi connectivity index (χ1n) is 11.2. The molecule has 0 bridgehead atoms. The van der Waals surface area contributed by atoms with Crippen molar-refractivity contribution in [3.8, 4) is 0 Å². The molecule has 1 heterocycles. The molecule has 2 fully saturated rings. The molecule has 4 N–H and O–H groups in total. The van der Waals surface area contributed by atoms with Crippen LogP contribution in [0.25, 0.3) is 0 Å². The Morgan fingerprint density at radius 2 is 1.74 bits per heavy atom. The number of aliphatic hydroxyl groups is 3. The molecular weight excluding hydrogens is 438 g/mol. The molecule has 0 radical (unpaired) electrons. The Balaban J connectivity index is 1.58. The molecule has 7 nitrogen and oxygen atoms in total. The zero-order valence-electron chi connectivity index (χ0n) is 17.8. The minimum Gasteiger partial charge on any atom is -0.394 e. The molecule has 1 aromatic carbocycles. The lowest BCUT2D eigenvalue weighted by atomic mass is 9.99. The Morgan fingerprint density at radius 1 is 1.03 bits per heavy atom. The van der Waals surface area contributed by atoms with Gasteiger partial charge in [-0.2, -0.15) is 0 Å². The molecule has 1 aliphatic carbocycles. The second-order valence-corrected chi connectivity index (χ2v) is 11.8. The van der Waals surface area contributed by atoms with Gasteiger partial charge in [-0.15, -0.1) is 11.8 Å². The molecule has 176 valence electrons. The highest BCUT2D eigenvalue weighted by atomic mass is 32.2. The van der Waals surface area contributed by atoms with Crippen LogP contribution >= 0.6 is 11.8 Å². The number of benzene rings is 1. The molecule has 0 unspecified atom stereocenters. The Hall–Kier alpha value is -0.680. The van der Waals surface area contributed by atoms with E-state index in [1.807, 2.05) is 30.3 Å². The number of nitrogens with one attached hydrogen (secondary N) is 1. The van der Waals surface area contributed by atoms with Gasteiger partial charge in [0.25, 0.3) is 0 Å². The molecule has 1 saturated heterocycles. The third-order valence-electron chi connectivity index (χ3n) is 6.05. The molecule has 1 saturated carbocycles. The Labute approximate surface area is 189 Å². The molecule has 2 aliphatic rings. The fourth-order valence-corrected chi connectivity index (χ4v) is 7.30. The number of rotatable bonds is 10. The lowest BCUT2D eigenvalue weighted by molar-refractivity contribution is -0.168. The number of unbranched alkanes of at least 4 members (excludes halogenated alkanes) is 1. The normalized spacial score (nSPS) is 30.4. The first-order valence-corrected chi connectivity index (χ1v) is 13.8. The van der Waals surface area contributed by atoms with Gasteiger partial charge < -0.3 is 20.1 Å². The summed E-state index contributed by atoms with van der Waals surface area (Å²) in [4.78, 5) is 0. The first-order chi connectivity index (χ1) is 14.9. The van der Waals surface area contributed by atoms with Crippen LogP contribution < -0.4 is 4.72 Å². The molecule has 1 aliphatic heterocycles. The predicted molar refractivity (Wildman–Crippen MR) is 122 cm³/mol. The van der Waals surface area contributed by atoms with E-state index in [-0.39, 0.29) is 5.75 Å². The Kier molecular flexibility index (Phi) is 9.64. The summed E-state index contributed by atoms with van der Waals surface area (Å²) in [6.07, 6.45) is 3.91. The maximum absolute atomic E-state index is 12.7. The third kappa shape index (κ3) is 7.42. The highest BCUT2D eigenvalue weighted by Gasteiger charge is 2.46. The second kappa shape index (κ2) is 12.0. The Bertz CT molecular complexity index is 757. The minimum absolute atomic E-state index is 0.0522. The lowest BCUT2D eigenvalue weighted by Crippen LogP contribution is -2.63. The van der Waals surface area contributed by atoms with Gasteiger partial charge in [-0.1, -0.05) is 49.6 Å². The monoisotopic (exact) mass is 473 g/mol. The summed E-state index contributed by atoms with van der Waals surface area (Å²) >= 11 is 1.51. The largest absolute Gasteiger partial charge is 0.394 e. The van der Waals surface area contributed by atoms with Gasteiger partial charge in [0.05, 0.1) is 18.4 Å². The van der Waals surface area contributed by atoms with Crippen LogP contribution in [-0.4, -0.2) is 71.1 Å². The SMILES string of the molecule is O=S(=O)(CCCCc1ccccc1)N[C@@H]1[C@@H](O)[C@H](O)[C@@H](CO)O[C@@H]1SC1CCCCC1. The highest BCUT2D eigenvalue weighted by molar-refractivity contribution is 8.00. The van der Waals surface area contributed by atoms with Crippen LogP contribution in [0, 0.1) is 0 Å². The zero-order chi connectivity index (χ0) is 22.3. The minimum atomic E-state index is -3.67. The average molecular weight is 474 g/mol. The second-order valence-electron chi connectivity index (χ2n) is 8.51. The average Bonchev–Trinajstić information content (AvgIpc) is 2.78. The van der Waals surface area contributed by atoms with Crippen molar-refractivity contribution >= 4 is 21.8 Å². The summed E-state index contributed by atoms with van der Waals surface area (Å²) in [6.45, 7) is -0.432. The van der Waals surface area contributed by atoms with E-state index < -0.39 is 46.4 Å². The van der Waals surface area contributed by atoms with E-state index in [2.05, 4.69) is 4.72 Å². The molecule has 31 heavy (non-hydrogen) atoms. The highest BCUT2D eigenvalue weighted by Crippen LogP contribution is 2.37. The molecule has 1 aromatic rings. The quantitative estimate of drug-likeness (QED) is 0.383. The van der Waals surface area contributed by atoms with Crippen LogP contribution in [0.1, 0.15) is 50.5 Å². The summed E-state index contributed by atoms with van der Waals surface area (Å²) < 4.78 is 33.9. The Morgan fingerprint density at radius 3 is 2.42 bits per heavy atom. The van der Waals surface area contributed by atoms with Gasteiger partial charge in [0.1, 0.15) is 23.7 Å².